The number of halogens is 2. The number of esters is 1. The molecule has 2 atom stereocenters. The monoisotopic (exact) mass is 578 g/mol. The van der Waals surface area contributed by atoms with E-state index in [4.69, 9.17) is 9.47 Å². The maximum Gasteiger partial charge on any atom is 0.333 e. The van der Waals surface area contributed by atoms with Crippen molar-refractivity contribution in [3.05, 3.63) is 35.7 Å². The van der Waals surface area contributed by atoms with Crippen molar-refractivity contribution in [1.82, 2.24) is 14.5 Å². The molecule has 0 aliphatic carbocycles. The lowest BCUT2D eigenvalue weighted by Crippen LogP contribution is -2.51. The number of aromatic nitrogens is 2. The Balaban J connectivity index is 2.08. The van der Waals surface area contributed by atoms with E-state index in [-0.39, 0.29) is 40.4 Å². The highest BCUT2D eigenvalue weighted by Crippen LogP contribution is 2.42. The van der Waals surface area contributed by atoms with E-state index in [1.807, 2.05) is 0 Å². The second kappa shape index (κ2) is 10.8. The largest absolute Gasteiger partial charge is 0.486 e. The molecule has 0 fully saturated rings. The van der Waals surface area contributed by atoms with Gasteiger partial charge in [0.05, 0.1) is 35.8 Å². The molecule has 1 aliphatic heterocycles. The molecular weight excluding hydrogens is 546 g/mol. The minimum atomic E-state index is -4.48. The normalized spacial score (nSPS) is 18.3. The lowest BCUT2D eigenvalue weighted by Gasteiger charge is -2.41. The van der Waals surface area contributed by atoms with Crippen LogP contribution in [-0.4, -0.2) is 63.1 Å². The van der Waals surface area contributed by atoms with Gasteiger partial charge < -0.3 is 9.47 Å². The standard InChI is InChI=1S/C23H32F2N4O7S2/c1-14-20(13-28(27-14)22(24)25)38(33,34)29-15(2)18(9-10-37(31,32)26-6)35-19-8-7-16(11-17(19)29)12-21(30)36-23(3,4)5/h7-8,11,13,15,18,22,26H,9-10,12H2,1-6H3/t15-,18+/m1/s1. The third-order valence-corrected chi connectivity index (χ3v) is 9.21. The maximum absolute atomic E-state index is 13.9. The van der Waals surface area contributed by atoms with Gasteiger partial charge >= 0.3 is 12.5 Å². The Bertz CT molecular complexity index is 1400. The van der Waals surface area contributed by atoms with Gasteiger partial charge in [0.15, 0.2) is 0 Å². The summed E-state index contributed by atoms with van der Waals surface area (Å²) in [6.45, 7) is 4.94. The van der Waals surface area contributed by atoms with Crippen molar-refractivity contribution in [2.45, 2.75) is 76.7 Å². The summed E-state index contributed by atoms with van der Waals surface area (Å²) in [5, 5.41) is 3.62. The number of benzene rings is 1. The van der Waals surface area contributed by atoms with Gasteiger partial charge in [-0.1, -0.05) is 6.07 Å². The number of hydrogen-bond donors (Lipinski definition) is 1. The summed E-state index contributed by atoms with van der Waals surface area (Å²) >= 11 is 0. The highest BCUT2D eigenvalue weighted by molar-refractivity contribution is 7.93. The molecule has 2 heterocycles. The number of sulfonamides is 2. The molecule has 0 amide bonds. The van der Waals surface area contributed by atoms with Crippen LogP contribution in [0.15, 0.2) is 29.3 Å². The number of alkyl halides is 2. The third-order valence-electron chi connectivity index (χ3n) is 5.81. The van der Waals surface area contributed by atoms with Gasteiger partial charge in [-0.15, -0.1) is 0 Å². The van der Waals surface area contributed by atoms with E-state index in [0.29, 0.717) is 5.56 Å². The number of aryl methyl sites for hydroxylation is 1. The Labute approximate surface area is 221 Å². The summed E-state index contributed by atoms with van der Waals surface area (Å²) in [5.74, 6) is -0.730. The van der Waals surface area contributed by atoms with Gasteiger partial charge in [0.25, 0.3) is 10.0 Å². The van der Waals surface area contributed by atoms with Crippen molar-refractivity contribution in [2.24, 2.45) is 0 Å². The topological polar surface area (TPSA) is 137 Å². The number of fused-ring (bicyclic) bond motifs is 1. The number of hydrogen-bond acceptors (Lipinski definition) is 8. The summed E-state index contributed by atoms with van der Waals surface area (Å²) in [7, 11) is -6.83. The fourth-order valence-electron chi connectivity index (χ4n) is 4.07. The van der Waals surface area contributed by atoms with Gasteiger partial charge in [0.2, 0.25) is 10.0 Å². The van der Waals surface area contributed by atoms with E-state index < -0.39 is 55.2 Å². The minimum absolute atomic E-state index is 0.0509. The van der Waals surface area contributed by atoms with E-state index in [1.54, 1.807) is 26.8 Å². The van der Waals surface area contributed by atoms with Crippen LogP contribution in [0.5, 0.6) is 5.75 Å². The molecule has 2 aromatic rings. The van der Waals surface area contributed by atoms with Gasteiger partial charge in [-0.25, -0.2) is 26.2 Å². The fourth-order valence-corrected chi connectivity index (χ4v) is 6.66. The lowest BCUT2D eigenvalue weighted by atomic mass is 10.0. The number of ether oxygens (including phenoxy) is 2. The highest BCUT2D eigenvalue weighted by atomic mass is 32.2. The van der Waals surface area contributed by atoms with Crippen molar-refractivity contribution in [3.63, 3.8) is 0 Å². The SMILES string of the molecule is CNS(=O)(=O)CC[C@@H]1Oc2ccc(CC(=O)OC(C)(C)C)cc2N(S(=O)(=O)c2cn(C(F)F)nc2C)[C@@H]1C. The van der Waals surface area contributed by atoms with Crippen LogP contribution in [0, 0.1) is 6.92 Å². The number of anilines is 1. The molecule has 1 N–H and O–H groups in total. The lowest BCUT2D eigenvalue weighted by molar-refractivity contribution is -0.153. The smallest absolute Gasteiger partial charge is 0.333 e. The van der Waals surface area contributed by atoms with Gasteiger partial charge in [-0.05, 0) is 59.4 Å². The zero-order valence-corrected chi connectivity index (χ0v) is 23.6. The first kappa shape index (κ1) is 29.8. The Morgan fingerprint density at radius 1 is 1.24 bits per heavy atom. The summed E-state index contributed by atoms with van der Waals surface area (Å²) in [6.07, 6.45) is -0.339. The molecule has 0 saturated carbocycles. The van der Waals surface area contributed by atoms with E-state index >= 15 is 0 Å². The number of nitrogens with zero attached hydrogens (tertiary/aromatic N) is 3. The van der Waals surface area contributed by atoms with Gasteiger partial charge in [0, 0.05) is 6.42 Å². The zero-order chi connectivity index (χ0) is 28.6. The molecule has 3 rings (SSSR count). The van der Waals surface area contributed by atoms with Gasteiger partial charge in [-0.3, -0.25) is 9.10 Å². The molecule has 0 radical (unpaired) electrons. The number of carbonyl (C=O) groups excluding carboxylic acids is 1. The summed E-state index contributed by atoms with van der Waals surface area (Å²) < 4.78 is 93.2. The summed E-state index contributed by atoms with van der Waals surface area (Å²) in [4.78, 5) is 12.0. The van der Waals surface area contributed by atoms with E-state index in [9.17, 15) is 30.4 Å². The summed E-state index contributed by atoms with van der Waals surface area (Å²) in [6, 6.07) is 3.58. The molecule has 0 spiro atoms. The van der Waals surface area contributed by atoms with Crippen LogP contribution in [0.25, 0.3) is 0 Å². The van der Waals surface area contributed by atoms with E-state index in [1.165, 1.54) is 33.0 Å². The minimum Gasteiger partial charge on any atom is -0.486 e. The molecule has 15 heteroatoms. The van der Waals surface area contributed by atoms with Crippen LogP contribution >= 0.6 is 0 Å². The Morgan fingerprint density at radius 3 is 2.45 bits per heavy atom. The molecule has 0 saturated heterocycles. The van der Waals surface area contributed by atoms with Crippen LogP contribution in [0.2, 0.25) is 0 Å². The Kier molecular flexibility index (Phi) is 8.44. The van der Waals surface area contributed by atoms with Crippen LogP contribution < -0.4 is 13.8 Å². The Morgan fingerprint density at radius 2 is 1.89 bits per heavy atom. The third kappa shape index (κ3) is 6.61. The van der Waals surface area contributed by atoms with E-state index in [0.717, 1.165) is 10.5 Å². The molecule has 0 bridgehead atoms. The quantitative estimate of drug-likeness (QED) is 0.449. The molecular formula is C23H32F2N4O7S2. The molecule has 1 aromatic carbocycles. The summed E-state index contributed by atoms with van der Waals surface area (Å²) in [5.41, 5.74) is -0.341. The van der Waals surface area contributed by atoms with Crippen molar-refractivity contribution in [2.75, 3.05) is 17.1 Å². The predicted molar refractivity (Wildman–Crippen MR) is 135 cm³/mol. The first-order valence-electron chi connectivity index (χ1n) is 11.8. The molecule has 11 nitrogen and oxygen atoms in total. The van der Waals surface area contributed by atoms with Crippen LogP contribution in [0.1, 0.15) is 51.9 Å². The molecule has 212 valence electrons. The number of carbonyl (C=O) groups is 1. The first-order valence-corrected chi connectivity index (χ1v) is 14.9. The number of nitrogens with one attached hydrogen (secondary N) is 1. The second-order valence-corrected chi connectivity index (χ2v) is 13.7. The zero-order valence-electron chi connectivity index (χ0n) is 21.9. The maximum atomic E-state index is 13.9. The first-order chi connectivity index (χ1) is 17.4. The van der Waals surface area contributed by atoms with Crippen LogP contribution in [-0.2, 0) is 36.0 Å². The average Bonchev–Trinajstić information content (AvgIpc) is 3.19. The predicted octanol–water partition coefficient (Wildman–Crippen LogP) is 2.75. The van der Waals surface area contributed by atoms with Crippen molar-refractivity contribution in [1.29, 1.82) is 0 Å². The number of rotatable bonds is 9. The van der Waals surface area contributed by atoms with Crippen molar-refractivity contribution < 1.29 is 39.9 Å². The van der Waals surface area contributed by atoms with Crippen molar-refractivity contribution >= 4 is 31.7 Å². The Hall–Kier alpha value is -2.78. The van der Waals surface area contributed by atoms with E-state index in [2.05, 4.69) is 9.82 Å². The van der Waals surface area contributed by atoms with Gasteiger partial charge in [0.1, 0.15) is 22.4 Å². The molecule has 1 aliphatic rings. The second-order valence-electron chi connectivity index (χ2n) is 9.91. The van der Waals surface area contributed by atoms with Gasteiger partial charge in [-0.2, -0.15) is 13.9 Å². The van der Waals surface area contributed by atoms with Crippen LogP contribution in [0.3, 0.4) is 0 Å². The fraction of sp³-hybridized carbons (Fsp3) is 0.565. The van der Waals surface area contributed by atoms with Crippen LogP contribution in [0.4, 0.5) is 14.5 Å². The van der Waals surface area contributed by atoms with Crippen molar-refractivity contribution in [3.8, 4) is 5.75 Å². The highest BCUT2D eigenvalue weighted by Gasteiger charge is 2.42. The molecule has 1 aromatic heterocycles. The molecule has 38 heavy (non-hydrogen) atoms. The molecule has 0 unspecified atom stereocenters. The average molecular weight is 579 g/mol.